The third-order valence-corrected chi connectivity index (χ3v) is 5.02. The molecule has 1 saturated carbocycles. The molecule has 0 spiro atoms. The van der Waals surface area contributed by atoms with Gasteiger partial charge in [0.2, 0.25) is 0 Å². The van der Waals surface area contributed by atoms with Gasteiger partial charge >= 0.3 is 0 Å². The minimum atomic E-state index is 0.557. The first-order valence-electron chi connectivity index (χ1n) is 9.61. The molecule has 0 aromatic rings. The fourth-order valence-corrected chi connectivity index (χ4v) is 3.75. The number of methoxy groups -OCH3 is 1. The number of likely N-dealkylation sites (tertiary alicyclic amines) is 1. The second-order valence-electron chi connectivity index (χ2n) is 6.88. The largest absolute Gasteiger partial charge is 0.385 e. The van der Waals surface area contributed by atoms with Gasteiger partial charge in [0.1, 0.15) is 0 Å². The van der Waals surface area contributed by atoms with Crippen molar-refractivity contribution in [2.24, 2.45) is 4.99 Å². The van der Waals surface area contributed by atoms with Crippen molar-refractivity contribution in [1.29, 1.82) is 0 Å². The molecule has 23 heavy (non-hydrogen) atoms. The van der Waals surface area contributed by atoms with Crippen LogP contribution < -0.4 is 10.6 Å². The lowest BCUT2D eigenvalue weighted by Crippen LogP contribution is -2.45. The second kappa shape index (κ2) is 10.9. The van der Waals surface area contributed by atoms with E-state index in [1.165, 1.54) is 51.6 Å². The number of rotatable bonds is 9. The summed E-state index contributed by atoms with van der Waals surface area (Å²) < 4.78 is 5.08. The van der Waals surface area contributed by atoms with Crippen molar-refractivity contribution in [3.63, 3.8) is 0 Å². The number of nitrogens with one attached hydrogen (secondary N) is 2. The minimum absolute atomic E-state index is 0.557. The number of nitrogens with zero attached hydrogens (tertiary/aromatic N) is 2. The molecule has 1 aliphatic carbocycles. The van der Waals surface area contributed by atoms with Crippen LogP contribution in [-0.2, 0) is 4.74 Å². The van der Waals surface area contributed by atoms with Gasteiger partial charge in [-0.15, -0.1) is 0 Å². The van der Waals surface area contributed by atoms with Gasteiger partial charge in [-0.2, -0.15) is 0 Å². The van der Waals surface area contributed by atoms with Crippen molar-refractivity contribution < 1.29 is 4.74 Å². The maximum atomic E-state index is 5.08. The van der Waals surface area contributed by atoms with E-state index in [9.17, 15) is 0 Å². The molecular formula is C18H36N4O. The smallest absolute Gasteiger partial charge is 0.191 e. The van der Waals surface area contributed by atoms with Crippen LogP contribution in [0.4, 0.5) is 0 Å². The van der Waals surface area contributed by atoms with E-state index in [1.54, 1.807) is 7.11 Å². The van der Waals surface area contributed by atoms with Gasteiger partial charge in [0.15, 0.2) is 5.96 Å². The van der Waals surface area contributed by atoms with Gasteiger partial charge in [0.05, 0.1) is 0 Å². The number of hydrogen-bond donors (Lipinski definition) is 2. The predicted octanol–water partition coefficient (Wildman–Crippen LogP) is 2.38. The van der Waals surface area contributed by atoms with Gasteiger partial charge < -0.3 is 15.4 Å². The topological polar surface area (TPSA) is 48.9 Å². The van der Waals surface area contributed by atoms with E-state index < -0.39 is 0 Å². The van der Waals surface area contributed by atoms with Crippen molar-refractivity contribution in [3.8, 4) is 0 Å². The minimum Gasteiger partial charge on any atom is -0.385 e. The van der Waals surface area contributed by atoms with Crippen molar-refractivity contribution in [1.82, 2.24) is 15.5 Å². The fraction of sp³-hybridized carbons (Fsp3) is 0.944. The maximum absolute atomic E-state index is 5.08. The summed E-state index contributed by atoms with van der Waals surface area (Å²) in [5.74, 6) is 0.998. The Balaban J connectivity index is 1.68. The number of aliphatic imine (C=N–C) groups is 1. The van der Waals surface area contributed by atoms with Crippen LogP contribution in [0, 0.1) is 0 Å². The first-order valence-corrected chi connectivity index (χ1v) is 9.61. The Bertz CT molecular complexity index is 342. The highest BCUT2D eigenvalue weighted by atomic mass is 16.5. The zero-order valence-electron chi connectivity index (χ0n) is 15.1. The van der Waals surface area contributed by atoms with Crippen molar-refractivity contribution in [3.05, 3.63) is 0 Å². The third kappa shape index (κ3) is 6.68. The van der Waals surface area contributed by atoms with E-state index in [0.29, 0.717) is 6.04 Å². The Morgan fingerprint density at radius 3 is 2.74 bits per heavy atom. The molecule has 2 aliphatic rings. The van der Waals surface area contributed by atoms with Gasteiger partial charge in [0.25, 0.3) is 0 Å². The summed E-state index contributed by atoms with van der Waals surface area (Å²) in [6.45, 7) is 7.25. The van der Waals surface area contributed by atoms with E-state index in [2.05, 4.69) is 22.5 Å². The van der Waals surface area contributed by atoms with Crippen LogP contribution in [-0.4, -0.2) is 62.8 Å². The molecule has 2 fully saturated rings. The summed E-state index contributed by atoms with van der Waals surface area (Å²) in [4.78, 5) is 7.43. The summed E-state index contributed by atoms with van der Waals surface area (Å²) in [6, 6.07) is 1.41. The van der Waals surface area contributed by atoms with E-state index >= 15 is 0 Å². The molecule has 1 aliphatic heterocycles. The van der Waals surface area contributed by atoms with Crippen molar-refractivity contribution in [2.75, 3.05) is 39.9 Å². The molecule has 1 heterocycles. The predicted molar refractivity (Wildman–Crippen MR) is 97.1 cm³/mol. The summed E-state index contributed by atoms with van der Waals surface area (Å²) >= 11 is 0. The number of unbranched alkanes of at least 4 members (excludes halogenated alkanes) is 2. The molecule has 0 amide bonds. The molecule has 5 nitrogen and oxygen atoms in total. The molecule has 0 aromatic carbocycles. The number of ether oxygens (including phenoxy) is 1. The van der Waals surface area contributed by atoms with Crippen LogP contribution in [0.25, 0.3) is 0 Å². The first kappa shape index (κ1) is 18.5. The molecular weight excluding hydrogens is 288 g/mol. The van der Waals surface area contributed by atoms with Crippen LogP contribution in [0.15, 0.2) is 4.99 Å². The Hall–Kier alpha value is -0.810. The quantitative estimate of drug-likeness (QED) is 0.388. The van der Waals surface area contributed by atoms with E-state index in [-0.39, 0.29) is 0 Å². The number of hydrogen-bond acceptors (Lipinski definition) is 3. The molecule has 1 saturated heterocycles. The summed E-state index contributed by atoms with van der Waals surface area (Å²) in [5.41, 5.74) is 0. The fourth-order valence-electron chi connectivity index (χ4n) is 3.75. The van der Waals surface area contributed by atoms with Crippen LogP contribution in [0.1, 0.15) is 58.3 Å². The SMILES string of the molecule is CCNC(=NCCCCCOC)NC1CCN(C2CCCC2)C1. The van der Waals surface area contributed by atoms with Crippen LogP contribution in [0.5, 0.6) is 0 Å². The molecule has 5 heteroatoms. The van der Waals surface area contributed by atoms with Gasteiger partial charge in [-0.1, -0.05) is 12.8 Å². The average molecular weight is 325 g/mol. The van der Waals surface area contributed by atoms with Crippen molar-refractivity contribution in [2.45, 2.75) is 70.4 Å². The molecule has 134 valence electrons. The van der Waals surface area contributed by atoms with Crippen LogP contribution in [0.3, 0.4) is 0 Å². The first-order chi connectivity index (χ1) is 11.3. The molecule has 1 unspecified atom stereocenters. The Kier molecular flexibility index (Phi) is 8.76. The van der Waals surface area contributed by atoms with Gasteiger partial charge in [-0.05, 0) is 45.4 Å². The van der Waals surface area contributed by atoms with E-state index in [0.717, 1.165) is 44.5 Å². The summed E-state index contributed by atoms with van der Waals surface area (Å²) in [7, 11) is 1.77. The lowest BCUT2D eigenvalue weighted by atomic mass is 10.2. The molecule has 0 bridgehead atoms. The molecule has 0 aromatic heterocycles. The second-order valence-corrected chi connectivity index (χ2v) is 6.88. The highest BCUT2D eigenvalue weighted by Crippen LogP contribution is 2.26. The van der Waals surface area contributed by atoms with E-state index in [1.807, 2.05) is 0 Å². The molecule has 1 atom stereocenters. The van der Waals surface area contributed by atoms with Gasteiger partial charge in [-0.25, -0.2) is 0 Å². The van der Waals surface area contributed by atoms with Crippen LogP contribution >= 0.6 is 0 Å². The zero-order valence-corrected chi connectivity index (χ0v) is 15.1. The third-order valence-electron chi connectivity index (χ3n) is 5.02. The van der Waals surface area contributed by atoms with Crippen LogP contribution in [0.2, 0.25) is 0 Å². The monoisotopic (exact) mass is 324 g/mol. The lowest BCUT2D eigenvalue weighted by molar-refractivity contribution is 0.192. The number of guanidine groups is 1. The summed E-state index contributed by atoms with van der Waals surface area (Å²) in [5, 5.41) is 7.04. The molecule has 0 radical (unpaired) electrons. The maximum Gasteiger partial charge on any atom is 0.191 e. The van der Waals surface area contributed by atoms with Crippen molar-refractivity contribution >= 4 is 5.96 Å². The highest BCUT2D eigenvalue weighted by molar-refractivity contribution is 5.80. The lowest BCUT2D eigenvalue weighted by Gasteiger charge is -2.24. The van der Waals surface area contributed by atoms with Gasteiger partial charge in [-0.3, -0.25) is 9.89 Å². The Labute approximate surface area is 142 Å². The normalized spacial score (nSPS) is 23.6. The average Bonchev–Trinajstić information content (AvgIpc) is 3.22. The van der Waals surface area contributed by atoms with Gasteiger partial charge in [0, 0.05) is 52.0 Å². The molecule has 2 N–H and O–H groups in total. The Morgan fingerprint density at radius 1 is 1.17 bits per heavy atom. The molecule has 2 rings (SSSR count). The van der Waals surface area contributed by atoms with E-state index in [4.69, 9.17) is 9.73 Å². The standard InChI is InChI=1S/C18H36N4O/c1-3-19-18(20-12-7-4-8-14-23-2)21-16-11-13-22(15-16)17-9-5-6-10-17/h16-17H,3-15H2,1-2H3,(H2,19,20,21). The summed E-state index contributed by atoms with van der Waals surface area (Å²) in [6.07, 6.45) is 10.4. The zero-order chi connectivity index (χ0) is 16.3. The Morgan fingerprint density at radius 2 is 2.00 bits per heavy atom. The highest BCUT2D eigenvalue weighted by Gasteiger charge is 2.30.